The predicted octanol–water partition coefficient (Wildman–Crippen LogP) is 3.48. The van der Waals surface area contributed by atoms with Gasteiger partial charge in [0.1, 0.15) is 5.75 Å². The maximum atomic E-state index is 11.9. The van der Waals surface area contributed by atoms with Gasteiger partial charge in [0.15, 0.2) is 0 Å². The van der Waals surface area contributed by atoms with Crippen molar-refractivity contribution in [3.05, 3.63) is 64.1 Å². The molecule has 0 saturated heterocycles. The lowest BCUT2D eigenvalue weighted by Crippen LogP contribution is -2.09. The van der Waals surface area contributed by atoms with Crippen molar-refractivity contribution in [1.82, 2.24) is 0 Å². The first-order valence-electron chi connectivity index (χ1n) is 5.45. The molecule has 0 fully saturated rings. The highest BCUT2D eigenvalue weighted by Crippen LogP contribution is 2.19. The molecule has 2 aromatic rings. The summed E-state index contributed by atoms with van der Waals surface area (Å²) < 4.78 is 5.92. The predicted molar refractivity (Wildman–Crippen MR) is 74.9 cm³/mol. The SMILES string of the molecule is O=C(Oc1ccc(C=NO)cc1)c1ccccc1Br. The second kappa shape index (κ2) is 6.15. The second-order valence-corrected chi connectivity index (χ2v) is 4.54. The van der Waals surface area contributed by atoms with Crippen molar-refractivity contribution in [3.63, 3.8) is 0 Å². The first kappa shape index (κ1) is 13.3. The van der Waals surface area contributed by atoms with Gasteiger partial charge >= 0.3 is 5.97 Å². The summed E-state index contributed by atoms with van der Waals surface area (Å²) in [6.07, 6.45) is 1.29. The molecule has 2 rings (SSSR count). The van der Waals surface area contributed by atoms with Gasteiger partial charge in [0, 0.05) is 4.47 Å². The average molecular weight is 320 g/mol. The van der Waals surface area contributed by atoms with Gasteiger partial charge in [0.05, 0.1) is 11.8 Å². The van der Waals surface area contributed by atoms with E-state index in [2.05, 4.69) is 21.1 Å². The van der Waals surface area contributed by atoms with Crippen LogP contribution in [0.25, 0.3) is 0 Å². The monoisotopic (exact) mass is 319 g/mol. The Labute approximate surface area is 118 Å². The number of oxime groups is 1. The van der Waals surface area contributed by atoms with E-state index in [1.165, 1.54) is 6.21 Å². The molecule has 2 aromatic carbocycles. The number of hydrogen-bond donors (Lipinski definition) is 1. The lowest BCUT2D eigenvalue weighted by atomic mass is 10.2. The minimum Gasteiger partial charge on any atom is -0.423 e. The molecule has 19 heavy (non-hydrogen) atoms. The van der Waals surface area contributed by atoms with Gasteiger partial charge < -0.3 is 9.94 Å². The number of ether oxygens (including phenoxy) is 1. The summed E-state index contributed by atoms with van der Waals surface area (Å²) in [7, 11) is 0. The molecular formula is C14H10BrNO3. The van der Waals surface area contributed by atoms with E-state index >= 15 is 0 Å². The van der Waals surface area contributed by atoms with Crippen LogP contribution in [-0.2, 0) is 0 Å². The Morgan fingerprint density at radius 2 is 1.84 bits per heavy atom. The zero-order chi connectivity index (χ0) is 13.7. The Hall–Kier alpha value is -2.14. The van der Waals surface area contributed by atoms with E-state index in [9.17, 15) is 4.79 Å². The number of halogens is 1. The fourth-order valence-corrected chi connectivity index (χ4v) is 1.92. The van der Waals surface area contributed by atoms with E-state index < -0.39 is 5.97 Å². The van der Waals surface area contributed by atoms with E-state index in [1.807, 2.05) is 6.07 Å². The molecule has 4 nitrogen and oxygen atoms in total. The quantitative estimate of drug-likeness (QED) is 0.310. The molecular weight excluding hydrogens is 310 g/mol. The van der Waals surface area contributed by atoms with Crippen LogP contribution in [0, 0.1) is 0 Å². The molecule has 0 unspecified atom stereocenters. The molecule has 0 bridgehead atoms. The van der Waals surface area contributed by atoms with Crippen molar-refractivity contribution in [2.75, 3.05) is 0 Å². The molecule has 0 aliphatic carbocycles. The third-order valence-electron chi connectivity index (χ3n) is 2.39. The van der Waals surface area contributed by atoms with Gasteiger partial charge in [-0.3, -0.25) is 0 Å². The molecule has 0 aromatic heterocycles. The van der Waals surface area contributed by atoms with Gasteiger partial charge in [-0.25, -0.2) is 4.79 Å². The van der Waals surface area contributed by atoms with Crippen LogP contribution in [0.2, 0.25) is 0 Å². The van der Waals surface area contributed by atoms with Crippen molar-refractivity contribution in [3.8, 4) is 5.75 Å². The Bertz CT molecular complexity index is 608. The molecule has 0 spiro atoms. The number of carbonyl (C=O) groups is 1. The molecule has 0 aliphatic rings. The molecule has 0 amide bonds. The number of carbonyl (C=O) groups excluding carboxylic acids is 1. The van der Waals surface area contributed by atoms with Crippen LogP contribution < -0.4 is 4.74 Å². The maximum absolute atomic E-state index is 11.9. The molecule has 0 radical (unpaired) electrons. The summed E-state index contributed by atoms with van der Waals surface area (Å²) in [6, 6.07) is 13.7. The smallest absolute Gasteiger partial charge is 0.344 e. The molecule has 0 aliphatic heterocycles. The number of rotatable bonds is 3. The van der Waals surface area contributed by atoms with Crippen molar-refractivity contribution in [1.29, 1.82) is 0 Å². The van der Waals surface area contributed by atoms with Crippen LogP contribution in [0.3, 0.4) is 0 Å². The van der Waals surface area contributed by atoms with Crippen LogP contribution >= 0.6 is 15.9 Å². The minimum absolute atomic E-state index is 0.427. The van der Waals surface area contributed by atoms with Gasteiger partial charge in [-0.1, -0.05) is 17.3 Å². The zero-order valence-corrected chi connectivity index (χ0v) is 11.4. The van der Waals surface area contributed by atoms with Gasteiger partial charge in [-0.05, 0) is 57.9 Å². The summed E-state index contributed by atoms with van der Waals surface area (Å²) in [5.41, 5.74) is 1.17. The molecule has 0 heterocycles. The van der Waals surface area contributed by atoms with Gasteiger partial charge in [0.25, 0.3) is 0 Å². The van der Waals surface area contributed by atoms with Crippen molar-refractivity contribution >= 4 is 28.1 Å². The Morgan fingerprint density at radius 3 is 2.47 bits per heavy atom. The van der Waals surface area contributed by atoms with Crippen LogP contribution in [0.4, 0.5) is 0 Å². The van der Waals surface area contributed by atoms with Gasteiger partial charge in [0.2, 0.25) is 0 Å². The molecule has 0 atom stereocenters. The highest BCUT2D eigenvalue weighted by atomic mass is 79.9. The van der Waals surface area contributed by atoms with E-state index in [0.29, 0.717) is 21.3 Å². The van der Waals surface area contributed by atoms with Gasteiger partial charge in [-0.15, -0.1) is 0 Å². The van der Waals surface area contributed by atoms with Crippen molar-refractivity contribution in [2.24, 2.45) is 5.16 Å². The zero-order valence-electron chi connectivity index (χ0n) is 9.79. The number of hydrogen-bond acceptors (Lipinski definition) is 4. The second-order valence-electron chi connectivity index (χ2n) is 3.68. The van der Waals surface area contributed by atoms with Crippen molar-refractivity contribution in [2.45, 2.75) is 0 Å². The third-order valence-corrected chi connectivity index (χ3v) is 3.08. The molecule has 96 valence electrons. The number of nitrogens with zero attached hydrogens (tertiary/aromatic N) is 1. The van der Waals surface area contributed by atoms with Gasteiger partial charge in [-0.2, -0.15) is 0 Å². The highest BCUT2D eigenvalue weighted by Gasteiger charge is 2.11. The Morgan fingerprint density at radius 1 is 1.16 bits per heavy atom. The summed E-state index contributed by atoms with van der Waals surface area (Å²) in [4.78, 5) is 11.9. The standard InChI is InChI=1S/C14H10BrNO3/c15-13-4-2-1-3-12(13)14(17)19-11-7-5-10(6-8-11)9-16-18/h1-9,18H. The van der Waals surface area contributed by atoms with E-state index in [-0.39, 0.29) is 0 Å². The fourth-order valence-electron chi connectivity index (χ4n) is 1.48. The fraction of sp³-hybridized carbons (Fsp3) is 0. The normalized spacial score (nSPS) is 10.6. The molecule has 1 N–H and O–H groups in total. The lowest BCUT2D eigenvalue weighted by molar-refractivity contribution is 0.0734. The van der Waals surface area contributed by atoms with E-state index in [1.54, 1.807) is 42.5 Å². The van der Waals surface area contributed by atoms with Crippen LogP contribution in [-0.4, -0.2) is 17.4 Å². The van der Waals surface area contributed by atoms with E-state index in [0.717, 1.165) is 0 Å². The lowest BCUT2D eigenvalue weighted by Gasteiger charge is -2.05. The third kappa shape index (κ3) is 3.42. The molecule has 0 saturated carbocycles. The molecule has 5 heteroatoms. The van der Waals surface area contributed by atoms with Crippen LogP contribution in [0.1, 0.15) is 15.9 Å². The number of esters is 1. The van der Waals surface area contributed by atoms with E-state index in [4.69, 9.17) is 9.94 Å². The van der Waals surface area contributed by atoms with Crippen LogP contribution in [0.5, 0.6) is 5.75 Å². The Kier molecular flexibility index (Phi) is 4.30. The van der Waals surface area contributed by atoms with Crippen molar-refractivity contribution < 1.29 is 14.7 Å². The first-order valence-corrected chi connectivity index (χ1v) is 6.24. The summed E-state index contributed by atoms with van der Waals surface area (Å²) in [6.45, 7) is 0. The topological polar surface area (TPSA) is 58.9 Å². The first-order chi connectivity index (χ1) is 9.20. The minimum atomic E-state index is -0.434. The Balaban J connectivity index is 2.13. The summed E-state index contributed by atoms with van der Waals surface area (Å²) >= 11 is 3.30. The van der Waals surface area contributed by atoms with Crippen LogP contribution in [0.15, 0.2) is 58.2 Å². The summed E-state index contributed by atoms with van der Waals surface area (Å²) in [5, 5.41) is 11.3. The highest BCUT2D eigenvalue weighted by molar-refractivity contribution is 9.10. The summed E-state index contributed by atoms with van der Waals surface area (Å²) in [5.74, 6) is -0.00751. The number of benzene rings is 2. The largest absolute Gasteiger partial charge is 0.423 e. The average Bonchev–Trinajstić information content (AvgIpc) is 2.42. The maximum Gasteiger partial charge on any atom is 0.344 e.